The van der Waals surface area contributed by atoms with Crippen molar-refractivity contribution in [2.75, 3.05) is 12.3 Å². The van der Waals surface area contributed by atoms with Crippen LogP contribution in [0.25, 0.3) is 0 Å². The first-order valence-corrected chi connectivity index (χ1v) is 7.36. The molecule has 0 amide bonds. The van der Waals surface area contributed by atoms with Gasteiger partial charge in [0.25, 0.3) is 0 Å². The van der Waals surface area contributed by atoms with Crippen LogP contribution in [0.1, 0.15) is 13.3 Å². The van der Waals surface area contributed by atoms with Crippen molar-refractivity contribution >= 4 is 31.6 Å². The Hall–Kier alpha value is -0.630. The number of hydrogen-bond acceptors (Lipinski definition) is 4. The number of nitrogens with two attached hydrogens (primary N) is 1. The third-order valence-electron chi connectivity index (χ3n) is 2.28. The van der Waals surface area contributed by atoms with Crippen LogP contribution in [0, 0.1) is 0 Å². The average molecular weight is 323 g/mol. The lowest BCUT2D eigenvalue weighted by Gasteiger charge is -2.15. The standard InChI is InChI=1S/C10H15BrN2O3S/c1-2-8(6-14)13-17(15,16)10-4-3-7(12)5-9(10)11/h3-5,8,13-14H,2,6,12H2,1H3/t8-/m1/s1. The number of hydrogen-bond donors (Lipinski definition) is 3. The van der Waals surface area contributed by atoms with E-state index >= 15 is 0 Å². The molecule has 0 aliphatic heterocycles. The SMILES string of the molecule is CC[C@H](CO)NS(=O)(=O)c1ccc(N)cc1Br. The summed E-state index contributed by atoms with van der Waals surface area (Å²) < 4.78 is 26.8. The van der Waals surface area contributed by atoms with E-state index in [1.165, 1.54) is 18.2 Å². The molecule has 0 spiro atoms. The first kappa shape index (κ1) is 14.4. The van der Waals surface area contributed by atoms with Gasteiger partial charge >= 0.3 is 0 Å². The first-order chi connectivity index (χ1) is 7.90. The van der Waals surface area contributed by atoms with E-state index < -0.39 is 16.1 Å². The Morgan fingerprint density at radius 2 is 2.18 bits per heavy atom. The van der Waals surface area contributed by atoms with Gasteiger partial charge in [-0.25, -0.2) is 13.1 Å². The minimum Gasteiger partial charge on any atom is -0.399 e. The molecule has 0 aliphatic rings. The summed E-state index contributed by atoms with van der Waals surface area (Å²) in [5, 5.41) is 8.99. The predicted octanol–water partition coefficient (Wildman–Crippen LogP) is 1.08. The highest BCUT2D eigenvalue weighted by molar-refractivity contribution is 9.10. The van der Waals surface area contributed by atoms with Crippen LogP contribution < -0.4 is 10.5 Å². The molecule has 1 atom stereocenters. The first-order valence-electron chi connectivity index (χ1n) is 5.09. The number of aliphatic hydroxyl groups is 1. The fourth-order valence-electron chi connectivity index (χ4n) is 1.27. The highest BCUT2D eigenvalue weighted by atomic mass is 79.9. The van der Waals surface area contributed by atoms with Gasteiger partial charge in [-0.05, 0) is 40.5 Å². The van der Waals surface area contributed by atoms with Gasteiger partial charge in [0.05, 0.1) is 11.5 Å². The van der Waals surface area contributed by atoms with Crippen LogP contribution in [0.3, 0.4) is 0 Å². The highest BCUT2D eigenvalue weighted by Crippen LogP contribution is 2.24. The molecule has 0 bridgehead atoms. The monoisotopic (exact) mass is 322 g/mol. The van der Waals surface area contributed by atoms with Crippen LogP contribution in [-0.2, 0) is 10.0 Å². The maximum absolute atomic E-state index is 12.0. The number of halogens is 1. The van der Waals surface area contributed by atoms with Gasteiger partial charge in [-0.2, -0.15) is 0 Å². The maximum Gasteiger partial charge on any atom is 0.242 e. The second-order valence-corrected chi connectivity index (χ2v) is 6.14. The largest absolute Gasteiger partial charge is 0.399 e. The fraction of sp³-hybridized carbons (Fsp3) is 0.400. The van der Waals surface area contributed by atoms with Crippen molar-refractivity contribution in [3.63, 3.8) is 0 Å². The van der Waals surface area contributed by atoms with Crippen molar-refractivity contribution in [3.05, 3.63) is 22.7 Å². The molecule has 0 radical (unpaired) electrons. The lowest BCUT2D eigenvalue weighted by atomic mass is 10.3. The molecular weight excluding hydrogens is 308 g/mol. The van der Waals surface area contributed by atoms with Crippen molar-refractivity contribution < 1.29 is 13.5 Å². The average Bonchev–Trinajstić information content (AvgIpc) is 2.25. The van der Waals surface area contributed by atoms with Gasteiger partial charge in [-0.1, -0.05) is 6.92 Å². The third kappa shape index (κ3) is 3.67. The van der Waals surface area contributed by atoms with Gasteiger partial charge in [0.15, 0.2) is 0 Å². The molecule has 1 rings (SSSR count). The number of nitrogens with one attached hydrogen (secondary N) is 1. The minimum atomic E-state index is -3.64. The summed E-state index contributed by atoms with van der Waals surface area (Å²) in [4.78, 5) is 0.110. The summed E-state index contributed by atoms with van der Waals surface area (Å²) in [6, 6.07) is 3.98. The van der Waals surface area contributed by atoms with E-state index in [0.717, 1.165) is 0 Å². The molecular formula is C10H15BrN2O3S. The zero-order valence-electron chi connectivity index (χ0n) is 9.35. The van der Waals surface area contributed by atoms with Crippen molar-refractivity contribution in [1.29, 1.82) is 0 Å². The quantitative estimate of drug-likeness (QED) is 0.707. The summed E-state index contributed by atoms with van der Waals surface area (Å²) in [6.45, 7) is 1.56. The second-order valence-electron chi connectivity index (χ2n) is 3.60. The van der Waals surface area contributed by atoms with Gasteiger partial charge in [0.1, 0.15) is 0 Å². The highest BCUT2D eigenvalue weighted by Gasteiger charge is 2.20. The molecule has 96 valence electrons. The van der Waals surface area contributed by atoms with Crippen LogP contribution in [-0.4, -0.2) is 26.2 Å². The Morgan fingerprint density at radius 1 is 1.53 bits per heavy atom. The van der Waals surface area contributed by atoms with Gasteiger partial charge in [0.2, 0.25) is 10.0 Å². The van der Waals surface area contributed by atoms with Gasteiger partial charge in [0, 0.05) is 16.2 Å². The number of benzene rings is 1. The Kier molecular flexibility index (Phi) is 4.93. The molecule has 0 aliphatic carbocycles. The molecule has 0 saturated heterocycles. The van der Waals surface area contributed by atoms with E-state index in [-0.39, 0.29) is 11.5 Å². The van der Waals surface area contributed by atoms with Crippen LogP contribution in [0.4, 0.5) is 5.69 Å². The normalized spacial score (nSPS) is 13.6. The number of anilines is 1. The molecule has 0 aromatic heterocycles. The zero-order chi connectivity index (χ0) is 13.1. The Bertz CT molecular complexity index is 486. The van der Waals surface area contributed by atoms with Crippen molar-refractivity contribution in [2.45, 2.75) is 24.3 Å². The maximum atomic E-state index is 12.0. The smallest absolute Gasteiger partial charge is 0.242 e. The number of rotatable bonds is 5. The molecule has 17 heavy (non-hydrogen) atoms. The molecule has 5 nitrogen and oxygen atoms in total. The van der Waals surface area contributed by atoms with Crippen LogP contribution in [0.2, 0.25) is 0 Å². The van der Waals surface area contributed by atoms with E-state index in [2.05, 4.69) is 20.7 Å². The van der Waals surface area contributed by atoms with Crippen molar-refractivity contribution in [2.24, 2.45) is 0 Å². The van der Waals surface area contributed by atoms with Gasteiger partial charge in [-0.15, -0.1) is 0 Å². The number of sulfonamides is 1. The molecule has 0 fully saturated rings. The molecule has 0 unspecified atom stereocenters. The fourth-order valence-corrected chi connectivity index (χ4v) is 3.67. The minimum absolute atomic E-state index is 0.110. The van der Waals surface area contributed by atoms with Crippen LogP contribution in [0.5, 0.6) is 0 Å². The third-order valence-corrected chi connectivity index (χ3v) is 4.78. The van der Waals surface area contributed by atoms with Crippen LogP contribution in [0.15, 0.2) is 27.6 Å². The zero-order valence-corrected chi connectivity index (χ0v) is 11.8. The van der Waals surface area contributed by atoms with Gasteiger partial charge in [-0.3, -0.25) is 0 Å². The Morgan fingerprint density at radius 3 is 2.65 bits per heavy atom. The number of aliphatic hydroxyl groups excluding tert-OH is 1. The molecule has 1 aromatic carbocycles. The Balaban J connectivity index is 3.05. The topological polar surface area (TPSA) is 92.4 Å². The summed E-state index contributed by atoms with van der Waals surface area (Å²) in [5.41, 5.74) is 6.02. The lowest BCUT2D eigenvalue weighted by molar-refractivity contribution is 0.254. The Labute approximate surface area is 109 Å². The summed E-state index contributed by atoms with van der Waals surface area (Å²) in [6.07, 6.45) is 0.516. The summed E-state index contributed by atoms with van der Waals surface area (Å²) in [5.74, 6) is 0. The van der Waals surface area contributed by atoms with E-state index in [4.69, 9.17) is 10.8 Å². The summed E-state index contributed by atoms with van der Waals surface area (Å²) in [7, 11) is -3.64. The number of nitrogen functional groups attached to an aromatic ring is 1. The predicted molar refractivity (Wildman–Crippen MR) is 70.0 cm³/mol. The van der Waals surface area contributed by atoms with E-state index in [1.54, 1.807) is 6.92 Å². The second kappa shape index (κ2) is 5.81. The molecule has 1 aromatic rings. The molecule has 4 N–H and O–H groups in total. The molecule has 0 saturated carbocycles. The van der Waals surface area contributed by atoms with E-state index in [0.29, 0.717) is 16.6 Å². The van der Waals surface area contributed by atoms with Crippen molar-refractivity contribution in [3.8, 4) is 0 Å². The van der Waals surface area contributed by atoms with Crippen molar-refractivity contribution in [1.82, 2.24) is 4.72 Å². The van der Waals surface area contributed by atoms with Crippen LogP contribution >= 0.6 is 15.9 Å². The lowest BCUT2D eigenvalue weighted by Crippen LogP contribution is -2.37. The van der Waals surface area contributed by atoms with E-state index in [9.17, 15) is 8.42 Å². The van der Waals surface area contributed by atoms with Gasteiger partial charge < -0.3 is 10.8 Å². The summed E-state index contributed by atoms with van der Waals surface area (Å²) >= 11 is 3.16. The van der Waals surface area contributed by atoms with E-state index in [1.807, 2.05) is 0 Å². The molecule has 0 heterocycles. The molecule has 7 heteroatoms.